The van der Waals surface area contributed by atoms with Crippen LogP contribution in [0.3, 0.4) is 0 Å². The minimum absolute atomic E-state index is 0. The molecule has 0 saturated heterocycles. The Morgan fingerprint density at radius 2 is 1.62 bits per heavy atom. The Balaban J connectivity index is 0.00000245. The van der Waals surface area contributed by atoms with Crippen LogP contribution in [0.25, 0.3) is 0 Å². The maximum absolute atomic E-state index is 14.5. The van der Waals surface area contributed by atoms with E-state index >= 15 is 0 Å². The number of hydrogen-bond donors (Lipinski definition) is 0. The van der Waals surface area contributed by atoms with Crippen LogP contribution < -0.4 is 21.9 Å². The molecule has 2 aliphatic rings. The lowest BCUT2D eigenvalue weighted by Gasteiger charge is -2.22. The van der Waals surface area contributed by atoms with Gasteiger partial charge in [-0.15, -0.1) is 0 Å². The van der Waals surface area contributed by atoms with Gasteiger partial charge in [-0.05, 0) is 52.9 Å². The maximum Gasteiger partial charge on any atom is 0.231 e. The van der Waals surface area contributed by atoms with E-state index < -0.39 is 0 Å². The Bertz CT molecular complexity index is 1180. The summed E-state index contributed by atoms with van der Waals surface area (Å²) >= 11 is 0. The highest BCUT2D eigenvalue weighted by Gasteiger charge is 2.31. The first kappa shape index (κ1) is 22.3. The fourth-order valence-electron chi connectivity index (χ4n) is 4.41. The molecule has 3 aromatic carbocycles. The third-order valence-corrected chi connectivity index (χ3v) is 6.16. The number of rotatable bonds is 3. The van der Waals surface area contributed by atoms with Gasteiger partial charge in [0.15, 0.2) is 18.0 Å². The predicted octanol–water partition coefficient (Wildman–Crippen LogP) is 2.46. The van der Waals surface area contributed by atoms with Gasteiger partial charge < -0.3 is 21.9 Å². The first-order valence-corrected chi connectivity index (χ1v) is 10.8. The summed E-state index contributed by atoms with van der Waals surface area (Å²) in [5.74, 6) is 1.42. The zero-order valence-corrected chi connectivity index (χ0v) is 19.4. The summed E-state index contributed by atoms with van der Waals surface area (Å²) in [4.78, 5) is 0. The van der Waals surface area contributed by atoms with Crippen molar-refractivity contribution >= 4 is 5.71 Å². The van der Waals surface area contributed by atoms with Gasteiger partial charge in [-0.25, -0.2) is 8.97 Å². The molecule has 0 unspecified atom stereocenters. The van der Waals surface area contributed by atoms with Crippen LogP contribution in [0, 0.1) is 5.82 Å². The molecule has 32 heavy (non-hydrogen) atoms. The molecule has 5 heteroatoms. The molecule has 0 atom stereocenters. The van der Waals surface area contributed by atoms with E-state index in [0.29, 0.717) is 12.1 Å². The van der Waals surface area contributed by atoms with E-state index in [4.69, 9.17) is 9.47 Å². The number of ether oxygens (including phenoxy) is 2. The monoisotopic (exact) mass is 451 g/mol. The van der Waals surface area contributed by atoms with Crippen LogP contribution in [0.1, 0.15) is 48.6 Å². The summed E-state index contributed by atoms with van der Waals surface area (Å²) in [7, 11) is 0. The second-order valence-electron chi connectivity index (χ2n) is 9.30. The van der Waals surface area contributed by atoms with Gasteiger partial charge in [-0.3, -0.25) is 0 Å². The molecule has 0 spiro atoms. The van der Waals surface area contributed by atoms with Crippen molar-refractivity contribution in [2.24, 2.45) is 0 Å². The Morgan fingerprint density at radius 3 is 2.31 bits per heavy atom. The van der Waals surface area contributed by atoms with Gasteiger partial charge in [-0.1, -0.05) is 45.0 Å². The minimum atomic E-state index is -0.165. The zero-order valence-electron chi connectivity index (χ0n) is 18.6. The molecule has 3 nitrogen and oxygen atoms in total. The Kier molecular flexibility index (Phi) is 6.00. The zero-order chi connectivity index (χ0) is 21.6. The van der Waals surface area contributed by atoms with E-state index in [1.165, 1.54) is 17.2 Å². The third-order valence-electron chi connectivity index (χ3n) is 6.16. The molecule has 2 heterocycles. The lowest BCUT2D eigenvalue weighted by molar-refractivity contribution is -0.544. The highest BCUT2D eigenvalue weighted by Crippen LogP contribution is 2.37. The van der Waals surface area contributed by atoms with Crippen molar-refractivity contribution < 1.29 is 30.8 Å². The number of hydrogen-bond acceptors (Lipinski definition) is 2. The van der Waals surface area contributed by atoms with Crippen LogP contribution in [-0.4, -0.2) is 23.6 Å². The van der Waals surface area contributed by atoms with Crippen LogP contribution >= 0.6 is 0 Å². The van der Waals surface area contributed by atoms with Crippen LogP contribution in [0.5, 0.6) is 11.5 Å². The molecule has 166 valence electrons. The standard InChI is InChI=1S/C27H27FNO2.ClH/c1-27(2,3)21-10-8-18(9-11-21)26-22-15-25-24(30-17-31-25)14-19(22)12-13-29(26)16-20-6-4-5-7-23(20)28;/h4-11,14-15H,12-13,16-17H2,1-3H3;1H/q+1;/p-1. The van der Waals surface area contributed by atoms with E-state index in [9.17, 15) is 4.39 Å². The van der Waals surface area contributed by atoms with Gasteiger partial charge in [0.25, 0.3) is 0 Å². The second-order valence-corrected chi connectivity index (χ2v) is 9.30. The normalized spacial score (nSPS) is 14.8. The number of benzene rings is 3. The fraction of sp³-hybridized carbons (Fsp3) is 0.296. The molecule has 3 aromatic rings. The number of fused-ring (bicyclic) bond motifs is 2. The molecule has 0 N–H and O–H groups in total. The topological polar surface area (TPSA) is 21.5 Å². The Morgan fingerprint density at radius 1 is 0.938 bits per heavy atom. The predicted molar refractivity (Wildman–Crippen MR) is 120 cm³/mol. The first-order chi connectivity index (χ1) is 14.9. The van der Waals surface area contributed by atoms with Crippen molar-refractivity contribution in [2.45, 2.75) is 39.2 Å². The van der Waals surface area contributed by atoms with Crippen LogP contribution in [0.4, 0.5) is 4.39 Å². The average molecular weight is 452 g/mol. The van der Waals surface area contributed by atoms with Gasteiger partial charge >= 0.3 is 0 Å². The lowest BCUT2D eigenvalue weighted by Crippen LogP contribution is -3.00. The third kappa shape index (κ3) is 4.12. The highest BCUT2D eigenvalue weighted by atomic mass is 35.5. The largest absolute Gasteiger partial charge is 1.00 e. The van der Waals surface area contributed by atoms with Gasteiger partial charge in [0.05, 0.1) is 11.1 Å². The molecule has 0 aliphatic carbocycles. The van der Waals surface area contributed by atoms with Crippen LogP contribution in [0.2, 0.25) is 0 Å². The van der Waals surface area contributed by atoms with Crippen molar-refractivity contribution in [1.82, 2.24) is 0 Å². The highest BCUT2D eigenvalue weighted by molar-refractivity contribution is 6.11. The van der Waals surface area contributed by atoms with Crippen molar-refractivity contribution in [3.8, 4) is 11.5 Å². The lowest BCUT2D eigenvalue weighted by atomic mass is 9.85. The molecule has 0 aromatic heterocycles. The summed E-state index contributed by atoms with van der Waals surface area (Å²) in [6, 6.07) is 20.0. The van der Waals surface area contributed by atoms with Gasteiger partial charge in [0.1, 0.15) is 12.4 Å². The molecule has 0 amide bonds. The quantitative estimate of drug-likeness (QED) is 0.570. The smallest absolute Gasteiger partial charge is 0.231 e. The number of nitrogens with zero attached hydrogens (tertiary/aromatic N) is 1. The molecule has 2 aliphatic heterocycles. The Hall–Kier alpha value is -2.85. The van der Waals surface area contributed by atoms with Crippen molar-refractivity contribution in [3.05, 3.63) is 94.3 Å². The molecule has 0 saturated carbocycles. The summed E-state index contributed by atoms with van der Waals surface area (Å²) in [5, 5.41) is 0. The summed E-state index contributed by atoms with van der Waals surface area (Å²) in [5.41, 5.74) is 6.70. The molecule has 0 radical (unpaired) electrons. The summed E-state index contributed by atoms with van der Waals surface area (Å²) in [6.07, 6.45) is 0.879. The van der Waals surface area contributed by atoms with Crippen LogP contribution in [-0.2, 0) is 18.4 Å². The van der Waals surface area contributed by atoms with Crippen molar-refractivity contribution in [1.29, 1.82) is 0 Å². The summed E-state index contributed by atoms with van der Waals surface area (Å²) < 4.78 is 28.0. The molecule has 0 fully saturated rings. The average Bonchev–Trinajstić information content (AvgIpc) is 3.20. The summed E-state index contributed by atoms with van der Waals surface area (Å²) in [6.45, 7) is 8.25. The van der Waals surface area contributed by atoms with Gasteiger partial charge in [0, 0.05) is 12.0 Å². The fourth-order valence-corrected chi connectivity index (χ4v) is 4.41. The van der Waals surface area contributed by atoms with E-state index in [1.807, 2.05) is 12.1 Å². The number of halogens is 2. The first-order valence-electron chi connectivity index (χ1n) is 10.8. The van der Waals surface area contributed by atoms with Crippen molar-refractivity contribution in [2.75, 3.05) is 13.3 Å². The van der Waals surface area contributed by atoms with Crippen LogP contribution in [0.15, 0.2) is 60.7 Å². The molecular formula is C27H27ClFNO2. The van der Waals surface area contributed by atoms with E-state index in [1.54, 1.807) is 6.07 Å². The Labute approximate surface area is 194 Å². The molecule has 0 bridgehead atoms. The van der Waals surface area contributed by atoms with E-state index in [-0.39, 0.29) is 30.4 Å². The van der Waals surface area contributed by atoms with E-state index in [0.717, 1.165) is 41.3 Å². The maximum atomic E-state index is 14.5. The van der Waals surface area contributed by atoms with Crippen molar-refractivity contribution in [3.63, 3.8) is 0 Å². The minimum Gasteiger partial charge on any atom is -1.00 e. The molecular weight excluding hydrogens is 425 g/mol. The van der Waals surface area contributed by atoms with E-state index in [2.05, 4.69) is 61.7 Å². The van der Waals surface area contributed by atoms with Gasteiger partial charge in [0.2, 0.25) is 12.5 Å². The SMILES string of the molecule is CC(C)(C)c1ccc(C2=[N+](Cc3ccccc3F)CCc3cc4c(cc32)OCO4)cc1.[Cl-]. The second kappa shape index (κ2) is 8.59. The van der Waals surface area contributed by atoms with Gasteiger partial charge in [-0.2, -0.15) is 0 Å². The molecule has 5 rings (SSSR count).